The molecule has 5 rings (SSSR count). The van der Waals surface area contributed by atoms with Crippen LogP contribution in [0.4, 0.5) is 0 Å². The van der Waals surface area contributed by atoms with Crippen LogP contribution in [0.3, 0.4) is 0 Å². The molecule has 0 radical (unpaired) electrons. The first kappa shape index (κ1) is 18.9. The first-order valence-corrected chi connectivity index (χ1v) is 12.5. The Hall–Kier alpha value is -3.14. The molecule has 0 unspecified atom stereocenters. The van der Waals surface area contributed by atoms with E-state index < -0.39 is 7.26 Å². The van der Waals surface area contributed by atoms with E-state index in [-0.39, 0.29) is 5.56 Å². The molecule has 6 heteroatoms. The van der Waals surface area contributed by atoms with Gasteiger partial charge < -0.3 is 0 Å². The highest BCUT2D eigenvalue weighted by Gasteiger charge is 2.45. The van der Waals surface area contributed by atoms with E-state index in [1.807, 2.05) is 18.2 Å². The molecule has 0 bridgehead atoms. The van der Waals surface area contributed by atoms with Crippen LogP contribution in [0.1, 0.15) is 5.69 Å². The van der Waals surface area contributed by atoms with Gasteiger partial charge in [-0.05, 0) is 36.4 Å². The Kier molecular flexibility index (Phi) is 4.99. The predicted octanol–water partition coefficient (Wildman–Crippen LogP) is 3.65. The van der Waals surface area contributed by atoms with Gasteiger partial charge in [-0.3, -0.25) is 4.79 Å². The molecular formula is C24H19N3OPS+. The highest BCUT2D eigenvalue weighted by molar-refractivity contribution is 7.95. The summed E-state index contributed by atoms with van der Waals surface area (Å²) < 4.78 is 1.36. The fourth-order valence-electron chi connectivity index (χ4n) is 3.89. The van der Waals surface area contributed by atoms with E-state index in [1.54, 1.807) is 11.6 Å². The summed E-state index contributed by atoms with van der Waals surface area (Å²) in [5, 5.41) is 7.92. The van der Waals surface area contributed by atoms with Crippen LogP contribution in [0.2, 0.25) is 0 Å². The summed E-state index contributed by atoms with van der Waals surface area (Å²) in [6.07, 6.45) is 0.675. The van der Waals surface area contributed by atoms with Crippen LogP contribution >= 0.6 is 18.6 Å². The molecule has 0 aliphatic rings. The van der Waals surface area contributed by atoms with E-state index in [0.717, 1.165) is 5.69 Å². The van der Waals surface area contributed by atoms with Crippen molar-refractivity contribution in [3.8, 4) is 0 Å². The highest BCUT2D eigenvalue weighted by Crippen LogP contribution is 2.57. The summed E-state index contributed by atoms with van der Waals surface area (Å²) in [4.78, 5) is 18.1. The maximum Gasteiger partial charge on any atom is 0.275 e. The molecule has 4 nitrogen and oxygen atoms in total. The zero-order chi connectivity index (χ0) is 20.4. The topological polar surface area (TPSA) is 47.3 Å². The summed E-state index contributed by atoms with van der Waals surface area (Å²) in [6.45, 7) is 0. The van der Waals surface area contributed by atoms with Crippen molar-refractivity contribution in [1.29, 1.82) is 0 Å². The van der Waals surface area contributed by atoms with Gasteiger partial charge in [0.05, 0.1) is 5.69 Å². The van der Waals surface area contributed by atoms with Crippen molar-refractivity contribution in [3.63, 3.8) is 0 Å². The van der Waals surface area contributed by atoms with Gasteiger partial charge in [0.1, 0.15) is 34.8 Å². The Morgan fingerprint density at radius 1 is 0.767 bits per heavy atom. The quantitative estimate of drug-likeness (QED) is 0.402. The molecule has 0 saturated heterocycles. The van der Waals surface area contributed by atoms with Gasteiger partial charge in [0, 0.05) is 6.07 Å². The Bertz CT molecular complexity index is 1240. The lowest BCUT2D eigenvalue weighted by molar-refractivity contribution is 0.888. The van der Waals surface area contributed by atoms with Gasteiger partial charge in [0.25, 0.3) is 5.56 Å². The molecule has 0 amide bonds. The molecular weight excluding hydrogens is 409 g/mol. The third kappa shape index (κ3) is 3.26. The molecule has 30 heavy (non-hydrogen) atoms. The third-order valence-electron chi connectivity index (χ3n) is 5.23. The molecule has 0 fully saturated rings. The standard InChI is InChI=1S/C24H19N3OPS/c28-23-16-19(26-24-27(23)25-18-30-24)17-29(20-10-4-1-5-11-20,21-12-6-2-7-13-21)22-14-8-3-9-15-22/h1-16,18H,17H2/q+1. The minimum atomic E-state index is -2.08. The lowest BCUT2D eigenvalue weighted by Gasteiger charge is -2.27. The normalized spacial score (nSPS) is 11.6. The van der Waals surface area contributed by atoms with Crippen molar-refractivity contribution in [2.75, 3.05) is 0 Å². The van der Waals surface area contributed by atoms with E-state index in [0.29, 0.717) is 11.1 Å². The molecule has 2 aromatic heterocycles. The van der Waals surface area contributed by atoms with Gasteiger partial charge in [0.2, 0.25) is 4.96 Å². The van der Waals surface area contributed by atoms with Crippen molar-refractivity contribution in [2.24, 2.45) is 0 Å². The minimum absolute atomic E-state index is 0.136. The molecule has 0 aliphatic carbocycles. The van der Waals surface area contributed by atoms with E-state index in [4.69, 9.17) is 4.98 Å². The molecule has 3 aromatic carbocycles. The number of rotatable bonds is 5. The fraction of sp³-hybridized carbons (Fsp3) is 0.0417. The van der Waals surface area contributed by atoms with Crippen LogP contribution in [0, 0.1) is 0 Å². The Morgan fingerprint density at radius 3 is 1.77 bits per heavy atom. The average Bonchev–Trinajstić information content (AvgIpc) is 3.29. The smallest absolute Gasteiger partial charge is 0.267 e. The van der Waals surface area contributed by atoms with Crippen molar-refractivity contribution in [1.82, 2.24) is 14.6 Å². The third-order valence-corrected chi connectivity index (χ3v) is 10.2. The highest BCUT2D eigenvalue weighted by atomic mass is 32.1. The SMILES string of the molecule is O=c1cc(C[P+](c2ccccc2)(c2ccccc2)c2ccccc2)nc2scnn12. The Morgan fingerprint density at radius 2 is 1.27 bits per heavy atom. The maximum atomic E-state index is 12.6. The summed E-state index contributed by atoms with van der Waals surface area (Å²) in [5.41, 5.74) is 2.32. The van der Waals surface area contributed by atoms with Crippen molar-refractivity contribution in [3.05, 3.63) is 119 Å². The van der Waals surface area contributed by atoms with Gasteiger partial charge >= 0.3 is 0 Å². The number of hydrogen-bond acceptors (Lipinski definition) is 4. The van der Waals surface area contributed by atoms with E-state index in [1.165, 1.54) is 31.8 Å². The van der Waals surface area contributed by atoms with Gasteiger partial charge in [0.15, 0.2) is 0 Å². The maximum absolute atomic E-state index is 12.6. The molecule has 0 spiro atoms. The Balaban J connectivity index is 1.80. The largest absolute Gasteiger partial charge is 0.275 e. The van der Waals surface area contributed by atoms with Crippen LogP contribution in [0.5, 0.6) is 0 Å². The molecule has 0 N–H and O–H groups in total. The number of fused-ring (bicyclic) bond motifs is 1. The zero-order valence-electron chi connectivity index (χ0n) is 16.1. The molecule has 0 saturated carbocycles. The van der Waals surface area contributed by atoms with Crippen LogP contribution in [-0.4, -0.2) is 14.6 Å². The monoisotopic (exact) mass is 428 g/mol. The number of benzene rings is 3. The molecule has 0 aliphatic heterocycles. The zero-order valence-corrected chi connectivity index (χ0v) is 17.8. The van der Waals surface area contributed by atoms with Gasteiger partial charge in [-0.25, -0.2) is 4.98 Å². The Labute approximate surface area is 178 Å². The molecule has 2 heterocycles. The first-order chi connectivity index (χ1) is 14.8. The van der Waals surface area contributed by atoms with Crippen LogP contribution in [0.25, 0.3) is 4.96 Å². The first-order valence-electron chi connectivity index (χ1n) is 9.65. The summed E-state index contributed by atoms with van der Waals surface area (Å²) in [6, 6.07) is 33.5. The van der Waals surface area contributed by atoms with Gasteiger partial charge in [-0.15, -0.1) is 0 Å². The van der Waals surface area contributed by atoms with Crippen molar-refractivity contribution in [2.45, 2.75) is 6.16 Å². The second kappa shape index (κ2) is 7.94. The second-order valence-corrected chi connectivity index (χ2v) is 11.3. The van der Waals surface area contributed by atoms with Crippen LogP contribution < -0.4 is 21.5 Å². The predicted molar refractivity (Wildman–Crippen MR) is 126 cm³/mol. The van der Waals surface area contributed by atoms with E-state index in [2.05, 4.69) is 77.9 Å². The molecule has 5 aromatic rings. The summed E-state index contributed by atoms with van der Waals surface area (Å²) >= 11 is 1.38. The molecule has 0 atom stereocenters. The lowest BCUT2D eigenvalue weighted by atomic mass is 10.3. The van der Waals surface area contributed by atoms with Gasteiger partial charge in [-0.2, -0.15) is 9.61 Å². The summed E-state index contributed by atoms with van der Waals surface area (Å²) in [5.74, 6) is 0. The second-order valence-electron chi connectivity index (χ2n) is 6.99. The van der Waals surface area contributed by atoms with Crippen LogP contribution in [0.15, 0.2) is 107 Å². The van der Waals surface area contributed by atoms with E-state index >= 15 is 0 Å². The fourth-order valence-corrected chi connectivity index (χ4v) is 8.67. The number of nitrogens with zero attached hydrogens (tertiary/aromatic N) is 3. The number of aromatic nitrogens is 3. The number of hydrogen-bond donors (Lipinski definition) is 0. The van der Waals surface area contributed by atoms with E-state index in [9.17, 15) is 4.79 Å². The summed E-state index contributed by atoms with van der Waals surface area (Å²) in [7, 11) is -2.08. The van der Waals surface area contributed by atoms with Gasteiger partial charge in [-0.1, -0.05) is 65.9 Å². The van der Waals surface area contributed by atoms with Crippen LogP contribution in [-0.2, 0) is 6.16 Å². The van der Waals surface area contributed by atoms with Crippen molar-refractivity contribution < 1.29 is 0 Å². The van der Waals surface area contributed by atoms with Crippen molar-refractivity contribution >= 4 is 39.5 Å². The average molecular weight is 428 g/mol. The lowest BCUT2D eigenvalue weighted by Crippen LogP contribution is -2.33. The molecule has 146 valence electrons. The minimum Gasteiger partial charge on any atom is -0.267 e.